The number of hydrogen-bond donors (Lipinski definition) is 12. The van der Waals surface area contributed by atoms with E-state index in [2.05, 4.69) is 46.0 Å². The average molecular weight is 1410 g/mol. The number of phenols is 2. The summed E-state index contributed by atoms with van der Waals surface area (Å²) in [4.78, 5) is 12.9. The molecular weight excluding hydrogens is 1380 g/mol. The average Bonchev–Trinajstić information content (AvgIpc) is 0.898. The summed E-state index contributed by atoms with van der Waals surface area (Å²) in [6.45, 7) is 0. The van der Waals surface area contributed by atoms with Crippen LogP contribution in [-0.4, -0.2) is 132 Å². The van der Waals surface area contributed by atoms with Gasteiger partial charge in [0.25, 0.3) is 76.5 Å². The van der Waals surface area contributed by atoms with E-state index in [1.54, 1.807) is 0 Å². The van der Waals surface area contributed by atoms with Gasteiger partial charge in [0.15, 0.2) is 17.2 Å². The van der Waals surface area contributed by atoms with Crippen LogP contribution in [0, 0.1) is 10.1 Å². The summed E-state index contributed by atoms with van der Waals surface area (Å²) >= 11 is 6.28. The minimum atomic E-state index is -5.82. The summed E-state index contributed by atoms with van der Waals surface area (Å²) in [6, 6.07) is 8.20. The molecule has 7 aromatic carbocycles. The third-order valence-electron chi connectivity index (χ3n) is 11.8. The first kappa shape index (κ1) is 66.4. The Morgan fingerprint density at radius 1 is 0.500 bits per heavy atom. The molecule has 48 heteroatoms. The lowest BCUT2D eigenvalue weighted by atomic mass is 10.0. The third kappa shape index (κ3) is 13.2. The number of fused-ring (bicyclic) bond motifs is 2. The first-order valence-electron chi connectivity index (χ1n) is 22.5. The van der Waals surface area contributed by atoms with Crippen molar-refractivity contribution in [2.45, 2.75) is 34.3 Å². The molecule has 8 aromatic rings. The van der Waals surface area contributed by atoms with Gasteiger partial charge in [-0.3, -0.25) is 42.0 Å². The highest BCUT2D eigenvalue weighted by Crippen LogP contribution is 2.51. The maximum atomic E-state index is 13.1. The van der Waals surface area contributed by atoms with Gasteiger partial charge in [-0.15, -0.1) is 35.8 Å². The monoisotopic (exact) mass is 1410 g/mol. The molecule has 90 heavy (non-hydrogen) atoms. The van der Waals surface area contributed by atoms with Crippen molar-refractivity contribution in [1.82, 2.24) is 9.78 Å². The fourth-order valence-electron chi connectivity index (χ4n) is 7.94. The van der Waals surface area contributed by atoms with Crippen LogP contribution in [0.4, 0.5) is 56.9 Å². The van der Waals surface area contributed by atoms with Gasteiger partial charge in [-0.25, -0.2) is 4.79 Å². The molecule has 0 bridgehead atoms. The number of rotatable bonds is 18. The number of aromatic hydroxyl groups is 3. The maximum absolute atomic E-state index is 13.1. The van der Waals surface area contributed by atoms with Gasteiger partial charge in [0.1, 0.15) is 63.5 Å². The highest BCUT2D eigenvalue weighted by molar-refractivity contribution is 7.87. The number of nitro benzene ring substituents is 1. The van der Waals surface area contributed by atoms with Crippen molar-refractivity contribution in [3.63, 3.8) is 0 Å². The van der Waals surface area contributed by atoms with Crippen molar-refractivity contribution in [3.8, 4) is 23.1 Å². The molecule has 40 nitrogen and oxygen atoms in total. The van der Waals surface area contributed by atoms with E-state index in [1.165, 1.54) is 0 Å². The number of aromatic carboxylic acids is 1. The van der Waals surface area contributed by atoms with Crippen LogP contribution >= 0.6 is 11.6 Å². The van der Waals surface area contributed by atoms with Gasteiger partial charge in [0, 0.05) is 28.3 Å². The number of anilines is 1. The van der Waals surface area contributed by atoms with Crippen LogP contribution in [0.1, 0.15) is 10.5 Å². The van der Waals surface area contributed by atoms with Gasteiger partial charge in [0.2, 0.25) is 11.6 Å². The molecule has 0 radical (unpaired) electrons. The van der Waals surface area contributed by atoms with E-state index in [0.29, 0.717) is 47.1 Å². The van der Waals surface area contributed by atoms with Gasteiger partial charge >= 0.3 is 5.97 Å². The summed E-state index contributed by atoms with van der Waals surface area (Å²) in [5.41, 5.74) is -5.74. The first-order valence-corrected chi connectivity index (χ1v) is 33.0. The van der Waals surface area contributed by atoms with E-state index in [-0.39, 0.29) is 23.9 Å². The van der Waals surface area contributed by atoms with Crippen molar-refractivity contribution in [2.24, 2.45) is 40.9 Å². The van der Waals surface area contributed by atoms with Crippen molar-refractivity contribution in [1.29, 1.82) is 0 Å². The number of nitro groups is 1. The largest absolute Gasteiger partial charge is 0.505 e. The minimum absolute atomic E-state index is 0.224. The van der Waals surface area contributed by atoms with E-state index in [4.69, 9.17) is 17.3 Å². The van der Waals surface area contributed by atoms with E-state index in [0.717, 1.165) is 24.3 Å². The highest BCUT2D eigenvalue weighted by Gasteiger charge is 2.32. The Bertz CT molecular complexity index is 5520. The molecule has 0 aliphatic carbocycles. The van der Waals surface area contributed by atoms with Gasteiger partial charge in [-0.1, -0.05) is 11.6 Å². The molecule has 0 atom stereocenters. The number of carboxylic acid groups (broad SMARTS) is 1. The molecule has 0 saturated carbocycles. The fourth-order valence-corrected chi connectivity index (χ4v) is 12.8. The molecule has 0 amide bonds. The smallest absolute Gasteiger partial charge is 0.358 e. The molecular formula is C42H27ClN12O28S7. The number of benzene rings is 7. The molecule has 0 unspecified atom stereocenters. The maximum Gasteiger partial charge on any atom is 0.358 e. The zero-order chi connectivity index (χ0) is 67.1. The molecule has 1 heterocycles. The summed E-state index contributed by atoms with van der Waals surface area (Å²) in [7, 11) is -38.7. The zero-order valence-electron chi connectivity index (χ0n) is 42.7. The van der Waals surface area contributed by atoms with Crippen LogP contribution in [0.3, 0.4) is 0 Å². The zero-order valence-corrected chi connectivity index (χ0v) is 49.1. The molecule has 0 saturated heterocycles. The van der Waals surface area contributed by atoms with Crippen molar-refractivity contribution in [3.05, 3.63) is 106 Å². The number of aromatic nitrogens is 2. The number of carboxylic acids is 1. The molecule has 0 aliphatic heterocycles. The molecule has 8 rings (SSSR count). The molecule has 1 aromatic heterocycles. The Morgan fingerprint density at radius 2 is 0.989 bits per heavy atom. The number of nitrogens with zero attached hydrogens (tertiary/aromatic N) is 11. The van der Waals surface area contributed by atoms with Crippen LogP contribution in [0.2, 0.25) is 5.02 Å². The van der Waals surface area contributed by atoms with Gasteiger partial charge in [-0.05, 0) is 72.8 Å². The van der Waals surface area contributed by atoms with Gasteiger partial charge < -0.3 is 26.2 Å². The Hall–Kier alpha value is -9.60. The van der Waals surface area contributed by atoms with Crippen molar-refractivity contribution >= 4 is 167 Å². The number of carbonyl (C=O) groups is 1. The molecule has 13 N–H and O–H groups in total. The Kier molecular flexibility index (Phi) is 17.0. The topological polar surface area (TPSA) is 664 Å². The SMILES string of the molecule is Nc1c(/N=N/c2ccc3c(O)c(/N=N/c4cc(Cl)c(/N=N/c5c(C(=O)O)nn(-c6ccc(S(=O)(=O)O)cc6)c5O)c(S(=O)(=O)O)c4)c(S(=O)(=O)O)cc3c2S(=O)(=O)O)cc(S(=O)(=O)O)c2cc(S(=O)(=O)O)c(/N=N/c3ccc([N+](=O)[O-])cc3S(=O)(=O)O)c(O)c12. The fraction of sp³-hybridized carbons (Fsp3) is 0. The second kappa shape index (κ2) is 23.1. The number of nitrogens with two attached hydrogens (primary N) is 1. The number of halogens is 1. The van der Waals surface area contributed by atoms with Crippen molar-refractivity contribution in [2.75, 3.05) is 5.73 Å². The van der Waals surface area contributed by atoms with E-state index in [9.17, 15) is 126 Å². The summed E-state index contributed by atoms with van der Waals surface area (Å²) < 4.78 is 246. The lowest BCUT2D eigenvalue weighted by molar-refractivity contribution is -0.385. The quantitative estimate of drug-likeness (QED) is 0.0130. The molecule has 0 fully saturated rings. The van der Waals surface area contributed by atoms with Crippen LogP contribution in [-0.2, 0) is 70.8 Å². The number of hydrogen-bond acceptors (Lipinski definition) is 30. The highest BCUT2D eigenvalue weighted by atomic mass is 35.5. The van der Waals surface area contributed by atoms with E-state index in [1.807, 2.05) is 0 Å². The van der Waals surface area contributed by atoms with Gasteiger partial charge in [-0.2, -0.15) is 73.8 Å². The van der Waals surface area contributed by atoms with Crippen LogP contribution in [0.25, 0.3) is 27.2 Å². The molecule has 472 valence electrons. The summed E-state index contributed by atoms with van der Waals surface area (Å²) in [6.07, 6.45) is 0. The predicted molar refractivity (Wildman–Crippen MR) is 298 cm³/mol. The van der Waals surface area contributed by atoms with Gasteiger partial charge in [0.05, 0.1) is 37.3 Å². The van der Waals surface area contributed by atoms with Crippen LogP contribution < -0.4 is 5.73 Å². The standard InChI is InChI=1S/C42H27ClN12O28S7/c43-22-9-15(10-28(87(72,73)74)33(22)49-52-36-37(42(59)60)53-54(41(36)58)16-1-4-18(5-2-16)84(63,64)65)45-50-34-29(88(75,76)77)12-20-19(38(34)56)6-8-24(40(20)90(81,82)83)47-48-25-14-26(85(66,67)68)21-13-30(89(78,79)80)35(39(57)31(21)32(25)44)51-46-23-7-3-17(55(61)62)11-27(23)86(69,70)71/h1-14,56-58H,44H2,(H,59,60)(H,63,64,65)(H,66,67,68)(H,69,70,71)(H,72,73,74)(H,75,76,77)(H,78,79,80)(H,81,82,83)/b48-47+,50-45+,51-46+,52-49+. The molecule has 0 spiro atoms. The third-order valence-corrected chi connectivity index (χ3v) is 18.2. The predicted octanol–water partition coefficient (Wildman–Crippen LogP) is 7.53. The van der Waals surface area contributed by atoms with Crippen LogP contribution in [0.5, 0.6) is 17.4 Å². The number of azo groups is 4. The lowest BCUT2D eigenvalue weighted by Gasteiger charge is -2.15. The van der Waals surface area contributed by atoms with E-state index < -0.39 is 223 Å². The number of nitrogen functional groups attached to an aromatic ring is 1. The van der Waals surface area contributed by atoms with E-state index >= 15 is 0 Å². The molecule has 0 aliphatic rings. The number of phenolic OH excluding ortho intramolecular Hbond substituents is 2. The van der Waals surface area contributed by atoms with Crippen molar-refractivity contribution < 1.29 is 121 Å². The Morgan fingerprint density at radius 3 is 1.52 bits per heavy atom. The van der Waals surface area contributed by atoms with Crippen LogP contribution in [0.15, 0.2) is 160 Å². The Labute approximate surface area is 504 Å². The summed E-state index contributed by atoms with van der Waals surface area (Å²) in [5.74, 6) is -6.03. The lowest BCUT2D eigenvalue weighted by Crippen LogP contribution is -2.04. The minimum Gasteiger partial charge on any atom is -0.505 e. The second-order valence-electron chi connectivity index (χ2n) is 17.4. The normalized spacial score (nSPS) is 13.2. The Balaban J connectivity index is 1.24. The number of non-ortho nitro benzene ring substituents is 1. The second-order valence-corrected chi connectivity index (χ2v) is 27.6. The first-order chi connectivity index (χ1) is 41.3. The summed E-state index contributed by atoms with van der Waals surface area (Å²) in [5, 5.41) is 81.8.